The zero-order valence-electron chi connectivity index (χ0n) is 8.71. The van der Waals surface area contributed by atoms with Crippen molar-refractivity contribution in [2.45, 2.75) is 31.1 Å². The van der Waals surface area contributed by atoms with E-state index in [0.717, 1.165) is 6.54 Å². The molecule has 2 heterocycles. The van der Waals surface area contributed by atoms with Gasteiger partial charge in [0.25, 0.3) is 0 Å². The van der Waals surface area contributed by atoms with E-state index in [1.54, 1.807) is 0 Å². The molecule has 1 atom stereocenters. The van der Waals surface area contributed by atoms with Gasteiger partial charge >= 0.3 is 0 Å². The first-order chi connectivity index (χ1) is 6.82. The van der Waals surface area contributed by atoms with Gasteiger partial charge in [-0.05, 0) is 37.8 Å². The molecule has 3 heteroatoms. The first-order valence-electron chi connectivity index (χ1n) is 5.54. The number of nitrogens with one attached hydrogen (secondary N) is 1. The Morgan fingerprint density at radius 1 is 1.50 bits per heavy atom. The average Bonchev–Trinajstić information content (AvgIpc) is 2.73. The fourth-order valence-electron chi connectivity index (χ4n) is 3.23. The van der Waals surface area contributed by atoms with Crippen LogP contribution in [-0.4, -0.2) is 22.9 Å². The molecule has 0 aromatic carbocycles. The van der Waals surface area contributed by atoms with E-state index >= 15 is 0 Å². The van der Waals surface area contributed by atoms with Crippen molar-refractivity contribution in [1.29, 1.82) is 0 Å². The van der Waals surface area contributed by atoms with Crippen LogP contribution in [0.3, 0.4) is 0 Å². The minimum Gasteiger partial charge on any atom is -0.316 e. The summed E-state index contributed by atoms with van der Waals surface area (Å²) in [6, 6.07) is 0. The Morgan fingerprint density at radius 2 is 2.43 bits per heavy atom. The van der Waals surface area contributed by atoms with Crippen molar-refractivity contribution >= 4 is 0 Å². The van der Waals surface area contributed by atoms with E-state index in [-0.39, 0.29) is 0 Å². The molecule has 1 N–H and O–H groups in total. The third-order valence-corrected chi connectivity index (χ3v) is 3.86. The number of aromatic nitrogens is 2. The Bertz CT molecular complexity index is 347. The summed E-state index contributed by atoms with van der Waals surface area (Å²) in [5.74, 6) is 0. The second kappa shape index (κ2) is 2.83. The van der Waals surface area contributed by atoms with E-state index < -0.39 is 0 Å². The molecule has 1 fully saturated rings. The van der Waals surface area contributed by atoms with Crippen molar-refractivity contribution in [2.24, 2.45) is 7.05 Å². The molecule has 1 aliphatic carbocycles. The molecule has 2 aliphatic rings. The van der Waals surface area contributed by atoms with Gasteiger partial charge in [-0.1, -0.05) is 0 Å². The van der Waals surface area contributed by atoms with Crippen molar-refractivity contribution in [2.75, 3.05) is 13.1 Å². The highest BCUT2D eigenvalue weighted by atomic mass is 15.3. The van der Waals surface area contributed by atoms with Crippen molar-refractivity contribution < 1.29 is 0 Å². The molecular formula is C11H17N3. The minimum absolute atomic E-state index is 0.416. The molecule has 76 valence electrons. The van der Waals surface area contributed by atoms with Crippen LogP contribution in [0.5, 0.6) is 0 Å². The van der Waals surface area contributed by atoms with E-state index in [1.165, 1.54) is 43.5 Å². The third kappa shape index (κ3) is 0.989. The average molecular weight is 191 g/mol. The van der Waals surface area contributed by atoms with Crippen LogP contribution in [0.1, 0.15) is 30.5 Å². The Labute approximate surface area is 84.5 Å². The maximum Gasteiger partial charge on any atom is 0.0524 e. The number of hydrogen-bond donors (Lipinski definition) is 1. The first-order valence-corrected chi connectivity index (χ1v) is 5.54. The lowest BCUT2D eigenvalue weighted by Crippen LogP contribution is -2.43. The quantitative estimate of drug-likeness (QED) is 0.662. The van der Waals surface area contributed by atoms with Gasteiger partial charge in [-0.25, -0.2) is 0 Å². The number of piperidine rings is 1. The van der Waals surface area contributed by atoms with Gasteiger partial charge in [0.2, 0.25) is 0 Å². The molecule has 0 unspecified atom stereocenters. The summed E-state index contributed by atoms with van der Waals surface area (Å²) >= 11 is 0. The highest BCUT2D eigenvalue weighted by Gasteiger charge is 2.42. The van der Waals surface area contributed by atoms with E-state index in [9.17, 15) is 0 Å². The third-order valence-electron chi connectivity index (χ3n) is 3.86. The van der Waals surface area contributed by atoms with Crippen molar-refractivity contribution in [1.82, 2.24) is 15.1 Å². The fraction of sp³-hybridized carbons (Fsp3) is 0.727. The zero-order chi connectivity index (χ0) is 9.60. The molecule has 1 saturated heterocycles. The van der Waals surface area contributed by atoms with Gasteiger partial charge in [-0.15, -0.1) is 0 Å². The Hall–Kier alpha value is -0.830. The number of nitrogens with zero attached hydrogens (tertiary/aromatic N) is 2. The van der Waals surface area contributed by atoms with Crippen LogP contribution in [0.25, 0.3) is 0 Å². The van der Waals surface area contributed by atoms with E-state index in [4.69, 9.17) is 0 Å². The standard InChI is InChI=1S/C11H17N3/c1-14-10-9(7-13-14)3-5-11(10)4-2-6-12-8-11/h7,12H,2-6,8H2,1H3/t11-/m1/s1. The molecule has 1 aromatic rings. The van der Waals surface area contributed by atoms with Gasteiger partial charge in [-0.2, -0.15) is 5.10 Å². The van der Waals surface area contributed by atoms with Crippen molar-refractivity contribution in [3.8, 4) is 0 Å². The van der Waals surface area contributed by atoms with Gasteiger partial charge in [0, 0.05) is 24.7 Å². The van der Waals surface area contributed by atoms with Gasteiger partial charge in [0.15, 0.2) is 0 Å². The zero-order valence-corrected chi connectivity index (χ0v) is 8.71. The predicted octanol–water partition coefficient (Wildman–Crippen LogP) is 0.987. The van der Waals surface area contributed by atoms with Gasteiger partial charge in [-0.3, -0.25) is 4.68 Å². The van der Waals surface area contributed by atoms with Gasteiger partial charge in [0.1, 0.15) is 0 Å². The smallest absolute Gasteiger partial charge is 0.0524 e. The number of rotatable bonds is 0. The summed E-state index contributed by atoms with van der Waals surface area (Å²) in [5, 5.41) is 7.91. The lowest BCUT2D eigenvalue weighted by atomic mass is 9.78. The lowest BCUT2D eigenvalue weighted by molar-refractivity contribution is 0.295. The Kier molecular flexibility index (Phi) is 1.71. The molecule has 1 spiro atoms. The second-order valence-electron chi connectivity index (χ2n) is 4.70. The minimum atomic E-state index is 0.416. The van der Waals surface area contributed by atoms with Gasteiger partial charge < -0.3 is 5.32 Å². The summed E-state index contributed by atoms with van der Waals surface area (Å²) in [5.41, 5.74) is 3.40. The Morgan fingerprint density at radius 3 is 3.21 bits per heavy atom. The lowest BCUT2D eigenvalue weighted by Gasteiger charge is -2.34. The van der Waals surface area contributed by atoms with Crippen LogP contribution < -0.4 is 5.32 Å². The van der Waals surface area contributed by atoms with Crippen LogP contribution >= 0.6 is 0 Å². The van der Waals surface area contributed by atoms with Crippen LogP contribution in [0.4, 0.5) is 0 Å². The predicted molar refractivity (Wildman–Crippen MR) is 55.3 cm³/mol. The summed E-state index contributed by atoms with van der Waals surface area (Å²) in [7, 11) is 2.08. The van der Waals surface area contributed by atoms with E-state index in [1.807, 2.05) is 0 Å². The molecule has 14 heavy (non-hydrogen) atoms. The summed E-state index contributed by atoms with van der Waals surface area (Å²) in [4.78, 5) is 0. The Balaban J connectivity index is 2.05. The van der Waals surface area contributed by atoms with Crippen molar-refractivity contribution in [3.63, 3.8) is 0 Å². The number of hydrogen-bond acceptors (Lipinski definition) is 2. The first kappa shape index (κ1) is 8.48. The summed E-state index contributed by atoms with van der Waals surface area (Å²) in [6.07, 6.45) is 7.25. The monoisotopic (exact) mass is 191 g/mol. The highest BCUT2D eigenvalue weighted by Crippen LogP contribution is 2.42. The largest absolute Gasteiger partial charge is 0.316 e. The topological polar surface area (TPSA) is 29.9 Å². The molecular weight excluding hydrogens is 174 g/mol. The molecule has 0 radical (unpaired) electrons. The van der Waals surface area contributed by atoms with Gasteiger partial charge in [0.05, 0.1) is 6.20 Å². The maximum absolute atomic E-state index is 4.38. The van der Waals surface area contributed by atoms with Crippen LogP contribution in [-0.2, 0) is 18.9 Å². The molecule has 3 rings (SSSR count). The summed E-state index contributed by atoms with van der Waals surface area (Å²) < 4.78 is 2.09. The molecule has 1 aliphatic heterocycles. The molecule has 0 saturated carbocycles. The van der Waals surface area contributed by atoms with Crippen LogP contribution in [0, 0.1) is 0 Å². The SMILES string of the molecule is Cn1ncc2c1[C@]1(CCCNC1)CC2. The van der Waals surface area contributed by atoms with Crippen LogP contribution in [0.2, 0.25) is 0 Å². The summed E-state index contributed by atoms with van der Waals surface area (Å²) in [6.45, 7) is 2.34. The van der Waals surface area contributed by atoms with E-state index in [0.29, 0.717) is 5.41 Å². The molecule has 0 amide bonds. The molecule has 3 nitrogen and oxygen atoms in total. The normalized spacial score (nSPS) is 30.9. The molecule has 1 aromatic heterocycles. The van der Waals surface area contributed by atoms with Crippen LogP contribution in [0.15, 0.2) is 6.20 Å². The maximum atomic E-state index is 4.38. The van der Waals surface area contributed by atoms with E-state index in [2.05, 4.69) is 28.3 Å². The van der Waals surface area contributed by atoms with Crippen molar-refractivity contribution in [3.05, 3.63) is 17.5 Å². The number of fused-ring (bicyclic) bond motifs is 2. The fourth-order valence-corrected chi connectivity index (χ4v) is 3.23. The second-order valence-corrected chi connectivity index (χ2v) is 4.70. The highest BCUT2D eigenvalue weighted by molar-refractivity contribution is 5.34. The number of aryl methyl sites for hydroxylation is 2. The molecule has 0 bridgehead atoms.